The minimum Gasteiger partial charge on any atom is -0.303 e. The maximum Gasteiger partial charge on any atom is -0.000654 e. The van der Waals surface area contributed by atoms with Crippen molar-refractivity contribution in [1.82, 2.24) is 4.90 Å². The lowest BCUT2D eigenvalue weighted by Crippen LogP contribution is -2.37. The van der Waals surface area contributed by atoms with Crippen molar-refractivity contribution in [3.8, 4) is 0 Å². The van der Waals surface area contributed by atoms with Gasteiger partial charge in [0, 0.05) is 0 Å². The number of likely N-dealkylation sites (tertiary alicyclic amines) is 1. The summed E-state index contributed by atoms with van der Waals surface area (Å²) in [7, 11) is 0. The van der Waals surface area contributed by atoms with Crippen molar-refractivity contribution in [1.29, 1.82) is 0 Å². The highest BCUT2D eigenvalue weighted by Gasteiger charge is 2.11. The van der Waals surface area contributed by atoms with Gasteiger partial charge in [-0.15, -0.1) is 0 Å². The fourth-order valence-corrected chi connectivity index (χ4v) is 1.37. The molecule has 0 saturated carbocycles. The van der Waals surface area contributed by atoms with Gasteiger partial charge in [0.15, 0.2) is 0 Å². The third-order valence-corrected chi connectivity index (χ3v) is 2.28. The second kappa shape index (κ2) is 16.0. The molecular weight excluding hydrogens is 206 g/mol. The van der Waals surface area contributed by atoms with Crippen LogP contribution in [0.2, 0.25) is 0 Å². The summed E-state index contributed by atoms with van der Waals surface area (Å²) in [6.07, 6.45) is 8.34. The molecule has 0 aliphatic carbocycles. The Balaban J connectivity index is 0. The van der Waals surface area contributed by atoms with Crippen LogP contribution < -0.4 is 0 Å². The SMILES string of the molecule is CC(C)C.CCC.CCCCCCN1CCC1. The number of unbranched alkanes of at least 4 members (excludes halogenated alkanes) is 3. The third-order valence-electron chi connectivity index (χ3n) is 2.28. The summed E-state index contributed by atoms with van der Waals surface area (Å²) in [5, 5.41) is 0. The van der Waals surface area contributed by atoms with E-state index in [-0.39, 0.29) is 0 Å². The Labute approximate surface area is 111 Å². The molecule has 0 bridgehead atoms. The summed E-state index contributed by atoms with van der Waals surface area (Å²) in [6.45, 7) is 17.1. The zero-order valence-corrected chi connectivity index (χ0v) is 13.4. The van der Waals surface area contributed by atoms with E-state index in [4.69, 9.17) is 0 Å². The van der Waals surface area contributed by atoms with Gasteiger partial charge in [0.05, 0.1) is 0 Å². The Hall–Kier alpha value is -0.0400. The maximum absolute atomic E-state index is 2.55. The number of hydrogen-bond acceptors (Lipinski definition) is 1. The highest BCUT2D eigenvalue weighted by molar-refractivity contribution is 4.67. The second-order valence-corrected chi connectivity index (χ2v) is 5.70. The summed E-state index contributed by atoms with van der Waals surface area (Å²) in [5.41, 5.74) is 0. The van der Waals surface area contributed by atoms with Crippen molar-refractivity contribution in [2.45, 2.75) is 80.1 Å². The van der Waals surface area contributed by atoms with Crippen molar-refractivity contribution in [2.75, 3.05) is 19.6 Å². The third kappa shape index (κ3) is 21.7. The lowest BCUT2D eigenvalue weighted by Gasteiger charge is -2.30. The smallest absolute Gasteiger partial charge is 0.000654 e. The van der Waals surface area contributed by atoms with Crippen LogP contribution in [-0.4, -0.2) is 24.5 Å². The zero-order chi connectivity index (χ0) is 13.5. The summed E-state index contributed by atoms with van der Waals surface area (Å²) >= 11 is 0. The number of nitrogens with zero attached hydrogens (tertiary/aromatic N) is 1. The fraction of sp³-hybridized carbons (Fsp3) is 1.00. The van der Waals surface area contributed by atoms with Crippen LogP contribution in [0, 0.1) is 5.92 Å². The fourth-order valence-electron chi connectivity index (χ4n) is 1.37. The van der Waals surface area contributed by atoms with Gasteiger partial charge in [0.2, 0.25) is 0 Å². The van der Waals surface area contributed by atoms with E-state index in [1.807, 2.05) is 0 Å². The van der Waals surface area contributed by atoms with Gasteiger partial charge in [-0.3, -0.25) is 0 Å². The van der Waals surface area contributed by atoms with Gasteiger partial charge in [-0.2, -0.15) is 0 Å². The predicted molar refractivity (Wildman–Crippen MR) is 81.7 cm³/mol. The van der Waals surface area contributed by atoms with Gasteiger partial charge in [0.1, 0.15) is 0 Å². The molecule has 0 N–H and O–H groups in total. The Morgan fingerprint density at radius 3 is 1.65 bits per heavy atom. The Morgan fingerprint density at radius 1 is 0.882 bits per heavy atom. The Kier molecular flexibility index (Phi) is 18.1. The molecule has 1 heterocycles. The van der Waals surface area contributed by atoms with Crippen LogP contribution in [0.3, 0.4) is 0 Å². The molecule has 0 aromatic carbocycles. The van der Waals surface area contributed by atoms with Gasteiger partial charge in [-0.1, -0.05) is 67.2 Å². The lowest BCUT2D eigenvalue weighted by atomic mass is 10.1. The lowest BCUT2D eigenvalue weighted by molar-refractivity contribution is 0.178. The molecule has 0 unspecified atom stereocenters. The van der Waals surface area contributed by atoms with E-state index in [9.17, 15) is 0 Å². The molecule has 0 atom stereocenters. The highest BCUT2D eigenvalue weighted by atomic mass is 15.2. The molecule has 0 aromatic rings. The largest absolute Gasteiger partial charge is 0.303 e. The first kappa shape index (κ1) is 19.3. The molecule has 1 fully saturated rings. The monoisotopic (exact) mass is 243 g/mol. The van der Waals surface area contributed by atoms with E-state index in [1.165, 1.54) is 58.2 Å². The van der Waals surface area contributed by atoms with E-state index in [2.05, 4.69) is 46.4 Å². The Morgan fingerprint density at radius 2 is 1.35 bits per heavy atom. The normalized spacial score (nSPS) is 14.3. The Bertz CT molecular complexity index is 114. The first-order chi connectivity index (χ1) is 8.08. The highest BCUT2D eigenvalue weighted by Crippen LogP contribution is 2.08. The quantitative estimate of drug-likeness (QED) is 0.588. The van der Waals surface area contributed by atoms with E-state index in [1.54, 1.807) is 0 Å². The van der Waals surface area contributed by atoms with Gasteiger partial charge in [-0.25, -0.2) is 0 Å². The van der Waals surface area contributed by atoms with Crippen LogP contribution in [-0.2, 0) is 0 Å². The molecule has 1 nitrogen and oxygen atoms in total. The summed E-state index contributed by atoms with van der Waals surface area (Å²) in [4.78, 5) is 2.55. The summed E-state index contributed by atoms with van der Waals surface area (Å²) in [6, 6.07) is 0. The minimum atomic E-state index is 0.833. The molecule has 1 aliphatic rings. The second-order valence-electron chi connectivity index (χ2n) is 5.70. The molecular formula is C16H37N. The van der Waals surface area contributed by atoms with E-state index < -0.39 is 0 Å². The maximum atomic E-state index is 2.55. The van der Waals surface area contributed by atoms with Crippen LogP contribution in [0.5, 0.6) is 0 Å². The average Bonchev–Trinajstić information content (AvgIpc) is 2.15. The average molecular weight is 243 g/mol. The van der Waals surface area contributed by atoms with Crippen molar-refractivity contribution in [2.24, 2.45) is 5.92 Å². The van der Waals surface area contributed by atoms with Crippen molar-refractivity contribution >= 4 is 0 Å². The van der Waals surface area contributed by atoms with Crippen LogP contribution >= 0.6 is 0 Å². The predicted octanol–water partition coefficient (Wildman–Crippen LogP) is 5.35. The molecule has 1 aliphatic heterocycles. The molecule has 0 aromatic heterocycles. The first-order valence-electron chi connectivity index (χ1n) is 7.80. The number of rotatable bonds is 5. The molecule has 1 rings (SSSR count). The number of hydrogen-bond donors (Lipinski definition) is 0. The van der Waals surface area contributed by atoms with Gasteiger partial charge in [0.25, 0.3) is 0 Å². The zero-order valence-electron chi connectivity index (χ0n) is 13.4. The topological polar surface area (TPSA) is 3.24 Å². The van der Waals surface area contributed by atoms with Gasteiger partial charge < -0.3 is 4.90 Å². The summed E-state index contributed by atoms with van der Waals surface area (Å²) < 4.78 is 0. The molecule has 1 heteroatoms. The van der Waals surface area contributed by atoms with E-state index in [0.717, 1.165) is 5.92 Å². The standard InChI is InChI=1S/C9H19N.C4H10.C3H8/c1-2-3-4-5-7-10-8-6-9-10;1-4(2)3;1-3-2/h2-9H2,1H3;4H,1-3H3;3H2,1-2H3. The van der Waals surface area contributed by atoms with Gasteiger partial charge in [-0.05, 0) is 38.4 Å². The first-order valence-corrected chi connectivity index (χ1v) is 7.80. The van der Waals surface area contributed by atoms with Crippen LogP contribution in [0.1, 0.15) is 80.1 Å². The van der Waals surface area contributed by atoms with Gasteiger partial charge >= 0.3 is 0 Å². The van der Waals surface area contributed by atoms with E-state index in [0.29, 0.717) is 0 Å². The molecule has 17 heavy (non-hydrogen) atoms. The van der Waals surface area contributed by atoms with Crippen molar-refractivity contribution in [3.05, 3.63) is 0 Å². The van der Waals surface area contributed by atoms with Crippen LogP contribution in [0.4, 0.5) is 0 Å². The molecule has 0 amide bonds. The molecule has 106 valence electrons. The molecule has 0 radical (unpaired) electrons. The van der Waals surface area contributed by atoms with Crippen molar-refractivity contribution in [3.63, 3.8) is 0 Å². The van der Waals surface area contributed by atoms with E-state index >= 15 is 0 Å². The summed E-state index contributed by atoms with van der Waals surface area (Å²) in [5.74, 6) is 0.833. The molecule has 0 spiro atoms. The van der Waals surface area contributed by atoms with Crippen LogP contribution in [0.25, 0.3) is 0 Å². The molecule has 1 saturated heterocycles. The van der Waals surface area contributed by atoms with Crippen molar-refractivity contribution < 1.29 is 0 Å². The minimum absolute atomic E-state index is 0.833. The van der Waals surface area contributed by atoms with Crippen LogP contribution in [0.15, 0.2) is 0 Å².